The molecule has 0 aromatic carbocycles. The van der Waals surface area contributed by atoms with Crippen molar-refractivity contribution in [1.29, 1.82) is 0 Å². The van der Waals surface area contributed by atoms with Crippen molar-refractivity contribution in [1.82, 2.24) is 4.98 Å². The summed E-state index contributed by atoms with van der Waals surface area (Å²) in [6, 6.07) is 3.61. The Balaban J connectivity index is 2.32. The van der Waals surface area contributed by atoms with Crippen LogP contribution >= 0.6 is 11.6 Å². The van der Waals surface area contributed by atoms with Gasteiger partial charge in [0.2, 0.25) is 0 Å². The average molecular weight is 201 g/mol. The molecule has 0 saturated heterocycles. The molecular formula is C9H13ClN2O. The number of alkyl halides is 1. The van der Waals surface area contributed by atoms with Gasteiger partial charge in [-0.3, -0.25) is 0 Å². The van der Waals surface area contributed by atoms with Crippen molar-refractivity contribution < 1.29 is 4.74 Å². The first-order chi connectivity index (χ1) is 6.34. The van der Waals surface area contributed by atoms with Crippen molar-refractivity contribution in [2.45, 2.75) is 12.8 Å². The predicted molar refractivity (Wildman–Crippen MR) is 54.1 cm³/mol. The summed E-state index contributed by atoms with van der Waals surface area (Å²) in [7, 11) is 0. The summed E-state index contributed by atoms with van der Waals surface area (Å²) in [5.41, 5.74) is 5.57. The fourth-order valence-corrected chi connectivity index (χ4v) is 1.09. The monoisotopic (exact) mass is 200 g/mol. The van der Waals surface area contributed by atoms with E-state index in [-0.39, 0.29) is 0 Å². The molecular weight excluding hydrogens is 188 g/mol. The summed E-state index contributed by atoms with van der Waals surface area (Å²) in [6.45, 7) is 0.641. The van der Waals surface area contributed by atoms with Gasteiger partial charge < -0.3 is 10.5 Å². The summed E-state index contributed by atoms with van der Waals surface area (Å²) in [4.78, 5) is 3.90. The molecule has 0 saturated carbocycles. The standard InChI is InChI=1S/C9H13ClN2O/c10-5-1-2-7-13-8-4-3-6-12-9(8)11/h3-4,6H,1-2,5,7H2,(H2,11,12). The number of nitrogens with two attached hydrogens (primary N) is 1. The van der Waals surface area contributed by atoms with Gasteiger partial charge >= 0.3 is 0 Å². The van der Waals surface area contributed by atoms with Crippen LogP contribution in [0.2, 0.25) is 0 Å². The minimum atomic E-state index is 0.438. The highest BCUT2D eigenvalue weighted by atomic mass is 35.5. The topological polar surface area (TPSA) is 48.1 Å². The third kappa shape index (κ3) is 3.51. The summed E-state index contributed by atoms with van der Waals surface area (Å²) in [5.74, 6) is 1.76. The van der Waals surface area contributed by atoms with Crippen LogP contribution in [-0.2, 0) is 0 Å². The van der Waals surface area contributed by atoms with Crippen molar-refractivity contribution in [3.8, 4) is 5.75 Å². The van der Waals surface area contributed by atoms with E-state index >= 15 is 0 Å². The summed E-state index contributed by atoms with van der Waals surface area (Å²) in [5, 5.41) is 0. The lowest BCUT2D eigenvalue weighted by atomic mass is 10.3. The Morgan fingerprint density at radius 1 is 1.46 bits per heavy atom. The van der Waals surface area contributed by atoms with Gasteiger partial charge in [-0.25, -0.2) is 4.98 Å². The van der Waals surface area contributed by atoms with E-state index in [4.69, 9.17) is 22.1 Å². The van der Waals surface area contributed by atoms with Gasteiger partial charge in [0.25, 0.3) is 0 Å². The number of rotatable bonds is 5. The molecule has 0 radical (unpaired) electrons. The van der Waals surface area contributed by atoms with Crippen LogP contribution < -0.4 is 10.5 Å². The van der Waals surface area contributed by atoms with Crippen LogP contribution in [-0.4, -0.2) is 17.5 Å². The molecule has 0 bridgehead atoms. The molecule has 0 atom stereocenters. The molecule has 0 aliphatic heterocycles. The predicted octanol–water partition coefficient (Wildman–Crippen LogP) is 2.06. The molecule has 1 aromatic rings. The Morgan fingerprint density at radius 3 is 3.00 bits per heavy atom. The third-order valence-electron chi connectivity index (χ3n) is 1.59. The largest absolute Gasteiger partial charge is 0.490 e. The Kier molecular flexibility index (Phi) is 4.40. The van der Waals surface area contributed by atoms with Crippen LogP contribution in [0.25, 0.3) is 0 Å². The van der Waals surface area contributed by atoms with Gasteiger partial charge in [0.1, 0.15) is 0 Å². The molecule has 1 rings (SSSR count). The van der Waals surface area contributed by atoms with Crippen molar-refractivity contribution in [3.05, 3.63) is 18.3 Å². The van der Waals surface area contributed by atoms with Gasteiger partial charge in [0.15, 0.2) is 11.6 Å². The first kappa shape index (κ1) is 10.1. The van der Waals surface area contributed by atoms with E-state index in [1.165, 1.54) is 0 Å². The Bertz CT molecular complexity index is 255. The summed E-state index contributed by atoms with van der Waals surface area (Å²) in [6.07, 6.45) is 3.54. The lowest BCUT2D eigenvalue weighted by Gasteiger charge is -2.06. The van der Waals surface area contributed by atoms with E-state index in [1.807, 2.05) is 6.07 Å². The number of unbranched alkanes of at least 4 members (excludes halogenated alkanes) is 1. The normalized spacial score (nSPS) is 9.92. The lowest BCUT2D eigenvalue weighted by Crippen LogP contribution is -2.01. The maximum absolute atomic E-state index is 5.57. The molecule has 0 aliphatic carbocycles. The Morgan fingerprint density at radius 2 is 2.31 bits per heavy atom. The molecule has 13 heavy (non-hydrogen) atoms. The van der Waals surface area contributed by atoms with Gasteiger partial charge in [-0.05, 0) is 25.0 Å². The van der Waals surface area contributed by atoms with Crippen molar-refractivity contribution in [2.24, 2.45) is 0 Å². The zero-order valence-electron chi connectivity index (χ0n) is 7.37. The fourth-order valence-electron chi connectivity index (χ4n) is 0.903. The molecule has 1 aromatic heterocycles. The second kappa shape index (κ2) is 5.65. The quantitative estimate of drug-likeness (QED) is 0.585. The highest BCUT2D eigenvalue weighted by molar-refractivity contribution is 6.17. The average Bonchev–Trinajstić information content (AvgIpc) is 2.15. The van der Waals surface area contributed by atoms with E-state index in [9.17, 15) is 0 Å². The van der Waals surface area contributed by atoms with E-state index in [1.54, 1.807) is 12.3 Å². The maximum atomic E-state index is 5.57. The fraction of sp³-hybridized carbons (Fsp3) is 0.444. The first-order valence-electron chi connectivity index (χ1n) is 4.24. The minimum absolute atomic E-state index is 0.438. The van der Waals surface area contributed by atoms with Gasteiger partial charge in [-0.15, -0.1) is 11.6 Å². The van der Waals surface area contributed by atoms with Crippen LogP contribution in [0.1, 0.15) is 12.8 Å². The van der Waals surface area contributed by atoms with Crippen LogP contribution in [0.3, 0.4) is 0 Å². The van der Waals surface area contributed by atoms with Crippen LogP contribution in [0.5, 0.6) is 5.75 Å². The van der Waals surface area contributed by atoms with Crippen LogP contribution in [0, 0.1) is 0 Å². The maximum Gasteiger partial charge on any atom is 0.166 e. The molecule has 2 N–H and O–H groups in total. The van der Waals surface area contributed by atoms with Crippen LogP contribution in [0.4, 0.5) is 5.82 Å². The molecule has 0 aliphatic rings. The SMILES string of the molecule is Nc1ncccc1OCCCCCl. The minimum Gasteiger partial charge on any atom is -0.490 e. The zero-order valence-corrected chi connectivity index (χ0v) is 8.13. The highest BCUT2D eigenvalue weighted by Gasteiger charge is 1.98. The molecule has 72 valence electrons. The highest BCUT2D eigenvalue weighted by Crippen LogP contribution is 2.16. The van der Waals surface area contributed by atoms with E-state index in [2.05, 4.69) is 4.98 Å². The summed E-state index contributed by atoms with van der Waals surface area (Å²) >= 11 is 5.52. The lowest BCUT2D eigenvalue weighted by molar-refractivity contribution is 0.310. The molecule has 0 unspecified atom stereocenters. The molecule has 0 spiro atoms. The van der Waals surface area contributed by atoms with Crippen molar-refractivity contribution in [3.63, 3.8) is 0 Å². The van der Waals surface area contributed by atoms with Gasteiger partial charge in [-0.1, -0.05) is 0 Å². The van der Waals surface area contributed by atoms with Crippen LogP contribution in [0.15, 0.2) is 18.3 Å². The van der Waals surface area contributed by atoms with Gasteiger partial charge in [-0.2, -0.15) is 0 Å². The number of nitrogen functional groups attached to an aromatic ring is 1. The number of hydrogen-bond donors (Lipinski definition) is 1. The van der Waals surface area contributed by atoms with Gasteiger partial charge in [0.05, 0.1) is 6.61 Å². The van der Waals surface area contributed by atoms with Crippen molar-refractivity contribution >= 4 is 17.4 Å². The molecule has 0 fully saturated rings. The second-order valence-corrected chi connectivity index (χ2v) is 3.01. The van der Waals surface area contributed by atoms with E-state index in [0.29, 0.717) is 24.1 Å². The van der Waals surface area contributed by atoms with E-state index < -0.39 is 0 Å². The number of aromatic nitrogens is 1. The Hall–Kier alpha value is -0.960. The molecule has 0 amide bonds. The second-order valence-electron chi connectivity index (χ2n) is 2.63. The third-order valence-corrected chi connectivity index (χ3v) is 1.85. The smallest absolute Gasteiger partial charge is 0.166 e. The molecule has 4 heteroatoms. The number of nitrogens with zero attached hydrogens (tertiary/aromatic N) is 1. The van der Waals surface area contributed by atoms with E-state index in [0.717, 1.165) is 12.8 Å². The number of anilines is 1. The van der Waals surface area contributed by atoms with Gasteiger partial charge in [0, 0.05) is 12.1 Å². The number of pyridine rings is 1. The van der Waals surface area contributed by atoms with Crippen molar-refractivity contribution in [2.75, 3.05) is 18.2 Å². The molecule has 1 heterocycles. The Labute approximate surface area is 82.9 Å². The molecule has 3 nitrogen and oxygen atoms in total. The number of ether oxygens (including phenoxy) is 1. The zero-order chi connectivity index (χ0) is 9.52. The number of hydrogen-bond acceptors (Lipinski definition) is 3. The first-order valence-corrected chi connectivity index (χ1v) is 4.77. The number of halogens is 1. The summed E-state index contributed by atoms with van der Waals surface area (Å²) < 4.78 is 5.39.